The Morgan fingerprint density at radius 2 is 2.14 bits per heavy atom. The lowest BCUT2D eigenvalue weighted by Gasteiger charge is -1.98. The number of halogens is 1. The summed E-state index contributed by atoms with van der Waals surface area (Å²) in [5, 5.41) is 0.662. The maximum absolute atomic E-state index is 5.96. The van der Waals surface area contributed by atoms with Crippen molar-refractivity contribution in [2.75, 3.05) is 5.73 Å². The van der Waals surface area contributed by atoms with Crippen molar-refractivity contribution in [3.8, 4) is 11.5 Å². The van der Waals surface area contributed by atoms with E-state index in [4.69, 9.17) is 21.8 Å². The fourth-order valence-electron chi connectivity index (χ4n) is 1.76. The van der Waals surface area contributed by atoms with Gasteiger partial charge in [0.15, 0.2) is 0 Å². The predicted molar refractivity (Wildman–Crippen MR) is 85.2 cm³/mol. The summed E-state index contributed by atoms with van der Waals surface area (Å²) >= 11 is 7.59. The molecule has 0 spiro atoms. The van der Waals surface area contributed by atoms with Gasteiger partial charge in [-0.2, -0.15) is 0 Å². The molecule has 0 aliphatic rings. The van der Waals surface area contributed by atoms with E-state index in [2.05, 4.69) is 9.97 Å². The lowest BCUT2D eigenvalue weighted by atomic mass is 10.2. The first-order valence-electron chi connectivity index (χ1n) is 6.25. The van der Waals surface area contributed by atoms with Gasteiger partial charge in [-0.3, -0.25) is 0 Å². The summed E-state index contributed by atoms with van der Waals surface area (Å²) in [6.07, 6.45) is 3.41. The zero-order valence-electron chi connectivity index (χ0n) is 11.0. The number of nitrogen functional groups attached to an aromatic ring is 1. The molecule has 0 bridgehead atoms. The molecule has 2 aromatic heterocycles. The third kappa shape index (κ3) is 3.56. The molecule has 3 rings (SSSR count). The highest BCUT2D eigenvalue weighted by molar-refractivity contribution is 7.98. The van der Waals surface area contributed by atoms with Crippen LogP contribution in [0.1, 0.15) is 5.69 Å². The van der Waals surface area contributed by atoms with Crippen LogP contribution in [-0.4, -0.2) is 9.97 Å². The number of anilines is 1. The second kappa shape index (κ2) is 6.20. The number of pyridine rings is 1. The number of rotatable bonds is 4. The van der Waals surface area contributed by atoms with E-state index < -0.39 is 0 Å². The summed E-state index contributed by atoms with van der Waals surface area (Å²) < 4.78 is 5.49. The van der Waals surface area contributed by atoms with Gasteiger partial charge in [-0.05, 0) is 30.3 Å². The molecule has 6 heteroatoms. The van der Waals surface area contributed by atoms with Crippen LogP contribution in [0, 0.1) is 0 Å². The van der Waals surface area contributed by atoms with Crippen LogP contribution in [0.2, 0.25) is 5.02 Å². The van der Waals surface area contributed by atoms with Gasteiger partial charge >= 0.3 is 0 Å². The summed E-state index contributed by atoms with van der Waals surface area (Å²) in [7, 11) is 0. The first-order chi connectivity index (χ1) is 10.2. The topological polar surface area (TPSA) is 64.9 Å². The normalized spacial score (nSPS) is 10.7. The standard InChI is InChI=1S/C15H12ClN3OS/c16-11-3-1-2-10(6-11)15-19-12(8-20-15)9-21-13-4-5-14(17)18-7-13/h1-8H,9H2,(H2,17,18). The second-order valence-corrected chi connectivity index (χ2v) is 5.85. The zero-order chi connectivity index (χ0) is 14.7. The Hall–Kier alpha value is -1.98. The molecule has 1 aromatic carbocycles. The van der Waals surface area contributed by atoms with Gasteiger partial charge in [0.1, 0.15) is 12.1 Å². The first-order valence-corrected chi connectivity index (χ1v) is 7.62. The molecule has 0 radical (unpaired) electrons. The van der Waals surface area contributed by atoms with E-state index >= 15 is 0 Å². The van der Waals surface area contributed by atoms with Gasteiger partial charge in [0, 0.05) is 27.4 Å². The summed E-state index contributed by atoms with van der Waals surface area (Å²) in [6.45, 7) is 0. The summed E-state index contributed by atoms with van der Waals surface area (Å²) in [5.41, 5.74) is 7.29. The molecule has 0 fully saturated rings. The number of oxazole rings is 1. The van der Waals surface area contributed by atoms with Gasteiger partial charge < -0.3 is 10.2 Å². The highest BCUT2D eigenvalue weighted by Crippen LogP contribution is 2.26. The molecule has 0 aliphatic carbocycles. The van der Waals surface area contributed by atoms with E-state index in [1.54, 1.807) is 30.3 Å². The number of hydrogen-bond donors (Lipinski definition) is 1. The number of aromatic nitrogens is 2. The minimum Gasteiger partial charge on any atom is -0.444 e. The van der Waals surface area contributed by atoms with Crippen LogP contribution in [0.5, 0.6) is 0 Å². The molecule has 2 N–H and O–H groups in total. The Morgan fingerprint density at radius 1 is 1.24 bits per heavy atom. The highest BCUT2D eigenvalue weighted by Gasteiger charge is 2.07. The fraction of sp³-hybridized carbons (Fsp3) is 0.0667. The van der Waals surface area contributed by atoms with Crippen LogP contribution in [-0.2, 0) is 5.75 Å². The van der Waals surface area contributed by atoms with Crippen molar-refractivity contribution in [3.63, 3.8) is 0 Å². The quantitative estimate of drug-likeness (QED) is 0.728. The van der Waals surface area contributed by atoms with E-state index in [0.717, 1.165) is 16.2 Å². The molecule has 0 unspecified atom stereocenters. The fourth-order valence-corrected chi connectivity index (χ4v) is 2.69. The van der Waals surface area contributed by atoms with Crippen LogP contribution < -0.4 is 5.73 Å². The van der Waals surface area contributed by atoms with Crippen molar-refractivity contribution in [2.24, 2.45) is 0 Å². The van der Waals surface area contributed by atoms with Crippen LogP contribution >= 0.6 is 23.4 Å². The molecule has 3 aromatic rings. The third-order valence-corrected chi connectivity index (χ3v) is 4.02. The minimum atomic E-state index is 0.518. The SMILES string of the molecule is Nc1ccc(SCc2coc(-c3cccc(Cl)c3)n2)cn1. The van der Waals surface area contributed by atoms with Gasteiger partial charge in [0.2, 0.25) is 5.89 Å². The van der Waals surface area contributed by atoms with Crippen molar-refractivity contribution in [3.05, 3.63) is 59.6 Å². The van der Waals surface area contributed by atoms with Crippen LogP contribution in [0.15, 0.2) is 58.2 Å². The van der Waals surface area contributed by atoms with Crippen LogP contribution in [0.25, 0.3) is 11.5 Å². The molecule has 0 saturated carbocycles. The molecule has 0 aliphatic heterocycles. The van der Waals surface area contributed by atoms with Crippen molar-refractivity contribution in [2.45, 2.75) is 10.6 Å². The highest BCUT2D eigenvalue weighted by atomic mass is 35.5. The summed E-state index contributed by atoms with van der Waals surface area (Å²) in [5.74, 6) is 1.79. The first kappa shape index (κ1) is 14.0. The van der Waals surface area contributed by atoms with Crippen molar-refractivity contribution in [1.29, 1.82) is 0 Å². The molecule has 0 atom stereocenters. The van der Waals surface area contributed by atoms with Gasteiger partial charge in [-0.25, -0.2) is 9.97 Å². The van der Waals surface area contributed by atoms with E-state index in [1.807, 2.05) is 30.3 Å². The Morgan fingerprint density at radius 3 is 2.90 bits per heavy atom. The zero-order valence-corrected chi connectivity index (χ0v) is 12.6. The van der Waals surface area contributed by atoms with E-state index in [1.165, 1.54) is 0 Å². The number of thioether (sulfide) groups is 1. The molecule has 106 valence electrons. The van der Waals surface area contributed by atoms with Crippen LogP contribution in [0.4, 0.5) is 5.82 Å². The smallest absolute Gasteiger partial charge is 0.226 e. The van der Waals surface area contributed by atoms with E-state index in [-0.39, 0.29) is 0 Å². The van der Waals surface area contributed by atoms with Gasteiger partial charge in [-0.1, -0.05) is 17.7 Å². The van der Waals surface area contributed by atoms with Crippen LogP contribution in [0.3, 0.4) is 0 Å². The molecule has 4 nitrogen and oxygen atoms in total. The Labute approximate surface area is 131 Å². The van der Waals surface area contributed by atoms with E-state index in [9.17, 15) is 0 Å². The van der Waals surface area contributed by atoms with Gasteiger partial charge in [-0.15, -0.1) is 11.8 Å². The van der Waals surface area contributed by atoms with Gasteiger partial charge in [0.25, 0.3) is 0 Å². The Balaban J connectivity index is 1.69. The second-order valence-electron chi connectivity index (χ2n) is 4.36. The maximum atomic E-state index is 5.96. The molecular formula is C15H12ClN3OS. The third-order valence-electron chi connectivity index (χ3n) is 2.77. The Kier molecular flexibility index (Phi) is 4.13. The van der Waals surface area contributed by atoms with Gasteiger partial charge in [0.05, 0.1) is 5.69 Å². The lowest BCUT2D eigenvalue weighted by Crippen LogP contribution is -1.88. The summed E-state index contributed by atoms with van der Waals surface area (Å²) in [4.78, 5) is 9.55. The van der Waals surface area contributed by atoms with Crippen molar-refractivity contribution >= 4 is 29.2 Å². The molecular weight excluding hydrogens is 306 g/mol. The molecule has 0 amide bonds. The monoisotopic (exact) mass is 317 g/mol. The lowest BCUT2D eigenvalue weighted by molar-refractivity contribution is 0.573. The number of nitrogens with two attached hydrogens (primary N) is 1. The minimum absolute atomic E-state index is 0.518. The predicted octanol–water partition coefficient (Wildman–Crippen LogP) is 4.26. The molecule has 21 heavy (non-hydrogen) atoms. The largest absolute Gasteiger partial charge is 0.444 e. The van der Waals surface area contributed by atoms with Crippen molar-refractivity contribution in [1.82, 2.24) is 9.97 Å². The summed E-state index contributed by atoms with van der Waals surface area (Å²) in [6, 6.07) is 11.1. The number of nitrogens with zero attached hydrogens (tertiary/aromatic N) is 2. The molecule has 0 saturated heterocycles. The number of benzene rings is 1. The van der Waals surface area contributed by atoms with E-state index in [0.29, 0.717) is 22.5 Å². The average molecular weight is 318 g/mol. The maximum Gasteiger partial charge on any atom is 0.226 e. The number of hydrogen-bond acceptors (Lipinski definition) is 5. The molecule has 2 heterocycles. The Bertz CT molecular complexity index is 743. The average Bonchev–Trinajstić information content (AvgIpc) is 2.96. The van der Waals surface area contributed by atoms with Crippen molar-refractivity contribution < 1.29 is 4.42 Å².